The Kier molecular flexibility index (Phi) is 30.1. The first-order valence-electron chi connectivity index (χ1n) is 30.5. The van der Waals surface area contributed by atoms with Gasteiger partial charge in [0.25, 0.3) is 0 Å². The molecular formula is C63H105N11O13. The smallest absolute Gasteiger partial charge is 0.246 e. The molecular weight excluding hydrogens is 1120 g/mol. The fourth-order valence-corrected chi connectivity index (χ4v) is 10.6. The lowest BCUT2D eigenvalue weighted by Crippen LogP contribution is -2.63. The second-order valence-electron chi connectivity index (χ2n) is 25.3. The molecule has 1 unspecified atom stereocenters. The van der Waals surface area contributed by atoms with Crippen molar-refractivity contribution in [2.45, 2.75) is 202 Å². The number of hydrogen-bond acceptors (Lipinski definition) is 13. The summed E-state index contributed by atoms with van der Waals surface area (Å²) in [6.07, 6.45) is 2.58. The Bertz CT molecular complexity index is 2580. The van der Waals surface area contributed by atoms with E-state index in [1.165, 1.54) is 96.9 Å². The van der Waals surface area contributed by atoms with Crippen LogP contribution in [-0.2, 0) is 59.2 Å². The number of aromatic hydroxyl groups is 1. The maximum Gasteiger partial charge on any atom is 0.246 e. The first-order chi connectivity index (χ1) is 40.4. The van der Waals surface area contributed by atoms with Gasteiger partial charge in [0.2, 0.25) is 65.0 Å². The molecule has 0 aliphatic carbocycles. The minimum absolute atomic E-state index is 0.0101. The predicted molar refractivity (Wildman–Crippen MR) is 332 cm³/mol. The molecule has 87 heavy (non-hydrogen) atoms. The van der Waals surface area contributed by atoms with Crippen molar-refractivity contribution in [2.75, 3.05) is 55.9 Å². The van der Waals surface area contributed by atoms with Crippen LogP contribution in [0.5, 0.6) is 5.75 Å². The van der Waals surface area contributed by atoms with Crippen LogP contribution in [-0.4, -0.2) is 232 Å². The molecule has 0 saturated carbocycles. The van der Waals surface area contributed by atoms with Crippen LogP contribution >= 0.6 is 0 Å². The van der Waals surface area contributed by atoms with Gasteiger partial charge in [-0.25, -0.2) is 0 Å². The van der Waals surface area contributed by atoms with E-state index in [1.807, 2.05) is 41.5 Å². The van der Waals surface area contributed by atoms with E-state index in [0.29, 0.717) is 12.0 Å². The van der Waals surface area contributed by atoms with Gasteiger partial charge in [0, 0.05) is 55.8 Å². The monoisotopic (exact) mass is 1220 g/mol. The van der Waals surface area contributed by atoms with Crippen LogP contribution in [0.4, 0.5) is 0 Å². The highest BCUT2D eigenvalue weighted by atomic mass is 16.3. The third kappa shape index (κ3) is 21.0. The maximum absolute atomic E-state index is 15.2. The summed E-state index contributed by atoms with van der Waals surface area (Å²) in [5, 5.41) is 33.0. The first kappa shape index (κ1) is 76.0. The van der Waals surface area contributed by atoms with Crippen LogP contribution in [0.1, 0.15) is 135 Å². The molecule has 2 rings (SSSR count). The molecule has 0 radical (unpaired) electrons. The van der Waals surface area contributed by atoms with E-state index in [-0.39, 0.29) is 55.6 Å². The van der Waals surface area contributed by atoms with Gasteiger partial charge < -0.3 is 65.8 Å². The van der Waals surface area contributed by atoms with E-state index < -0.39 is 150 Å². The maximum atomic E-state index is 15.2. The zero-order valence-electron chi connectivity index (χ0n) is 55.7. The number of likely N-dealkylation sites (N-methyl/N-ethyl adjacent to an activating group) is 7. The molecule has 1 fully saturated rings. The summed E-state index contributed by atoms with van der Waals surface area (Å²) in [7, 11) is 9.70. The summed E-state index contributed by atoms with van der Waals surface area (Å²) in [4.78, 5) is 168. The number of benzene rings is 1. The number of phenols is 1. The molecule has 1 aromatic carbocycles. The van der Waals surface area contributed by atoms with Gasteiger partial charge >= 0.3 is 0 Å². The van der Waals surface area contributed by atoms with Crippen molar-refractivity contribution < 1.29 is 63.0 Å². The number of aliphatic hydroxyl groups is 1. The van der Waals surface area contributed by atoms with Crippen LogP contribution in [0.3, 0.4) is 0 Å². The lowest BCUT2D eigenvalue weighted by molar-refractivity contribution is -0.157. The average molecular weight is 1220 g/mol. The Balaban J connectivity index is 2.97. The summed E-state index contributed by atoms with van der Waals surface area (Å²) < 4.78 is 0. The molecule has 1 aliphatic rings. The fraction of sp³-hybridized carbons (Fsp3) is 0.698. The van der Waals surface area contributed by atoms with E-state index >= 15 is 9.59 Å². The number of hydrogen-bond donors (Lipinski definition) is 6. The topological polar surface area (TPSA) is 299 Å². The third-order valence-electron chi connectivity index (χ3n) is 16.3. The number of phenolic OH excluding ortho intramolecular Hbond substituents is 1. The Morgan fingerprint density at radius 2 is 1.00 bits per heavy atom. The highest BCUT2D eigenvalue weighted by molar-refractivity contribution is 5.99. The largest absolute Gasteiger partial charge is 0.508 e. The highest BCUT2D eigenvalue weighted by Gasteiger charge is 2.45. The van der Waals surface area contributed by atoms with E-state index in [1.54, 1.807) is 58.9 Å². The van der Waals surface area contributed by atoms with Gasteiger partial charge in [-0.3, -0.25) is 52.7 Å². The Hall–Kier alpha value is -7.11. The fourth-order valence-electron chi connectivity index (χ4n) is 10.6. The molecule has 11 amide bonds. The quantitative estimate of drug-likeness (QED) is 0.146. The van der Waals surface area contributed by atoms with Gasteiger partial charge in [-0.15, -0.1) is 0 Å². The number of amides is 11. The van der Waals surface area contributed by atoms with Crippen molar-refractivity contribution in [3.63, 3.8) is 0 Å². The Morgan fingerprint density at radius 3 is 1.49 bits per heavy atom. The molecule has 1 aromatic rings. The summed E-state index contributed by atoms with van der Waals surface area (Å²) in [6, 6.07) is -6.86. The van der Waals surface area contributed by atoms with Gasteiger partial charge in [-0.2, -0.15) is 0 Å². The SMILES string of the molecule is C/C=C/C[C@@H](C)[C@@H](O)[C@H]1C(=O)N[C@@H](CC)C(=O)N(C)CC(=O)N(C)C(Cc2ccc(O)cc2)C(=O)N[C@@H](CC(C)C)C(=O)N(C)[C@@H](C)C(=O)N[C@@H](C)C(=O)N[C@H](C)C(=O)N(C)[C@@H](CC(C)C)C(=O)N(C)[C@H](CC(C)C)C(=O)N(C)[C@@H](C(C)C)C(=O)N1C. The van der Waals surface area contributed by atoms with Crippen molar-refractivity contribution in [1.29, 1.82) is 0 Å². The number of nitrogens with zero attached hydrogens (tertiary/aromatic N) is 7. The Labute approximate surface area is 516 Å². The van der Waals surface area contributed by atoms with Crippen LogP contribution in [0.2, 0.25) is 0 Å². The number of carbonyl (C=O) groups is 11. The average Bonchev–Trinajstić information content (AvgIpc) is 1.31. The summed E-state index contributed by atoms with van der Waals surface area (Å²) in [5.41, 5.74) is 0.522. The van der Waals surface area contributed by atoms with E-state index in [9.17, 15) is 53.4 Å². The lowest BCUT2D eigenvalue weighted by Gasteiger charge is -2.41. The van der Waals surface area contributed by atoms with Crippen molar-refractivity contribution in [3.8, 4) is 5.75 Å². The minimum atomic E-state index is -1.64. The van der Waals surface area contributed by atoms with Gasteiger partial charge in [-0.1, -0.05) is 93.5 Å². The molecule has 24 nitrogen and oxygen atoms in total. The van der Waals surface area contributed by atoms with Gasteiger partial charge in [0.15, 0.2) is 0 Å². The van der Waals surface area contributed by atoms with E-state index in [0.717, 1.165) is 19.6 Å². The molecule has 490 valence electrons. The third-order valence-corrected chi connectivity index (χ3v) is 16.3. The predicted octanol–water partition coefficient (Wildman–Crippen LogP) is 2.54. The number of carbonyl (C=O) groups excluding carboxylic acids is 11. The van der Waals surface area contributed by atoms with Crippen LogP contribution < -0.4 is 21.3 Å². The van der Waals surface area contributed by atoms with Crippen molar-refractivity contribution in [2.24, 2.45) is 29.6 Å². The second-order valence-corrected chi connectivity index (χ2v) is 25.3. The molecule has 0 spiro atoms. The summed E-state index contributed by atoms with van der Waals surface area (Å²) >= 11 is 0. The lowest BCUT2D eigenvalue weighted by atomic mass is 9.91. The molecule has 1 aliphatic heterocycles. The molecule has 1 saturated heterocycles. The molecule has 1 heterocycles. The van der Waals surface area contributed by atoms with Crippen LogP contribution in [0.25, 0.3) is 0 Å². The van der Waals surface area contributed by atoms with Crippen molar-refractivity contribution in [3.05, 3.63) is 42.0 Å². The first-order valence-corrected chi connectivity index (χ1v) is 30.5. The molecule has 24 heteroatoms. The number of nitrogens with one attached hydrogen (secondary N) is 4. The van der Waals surface area contributed by atoms with Crippen molar-refractivity contribution in [1.82, 2.24) is 55.6 Å². The number of allylic oxidation sites excluding steroid dienone is 2. The van der Waals surface area contributed by atoms with E-state index in [2.05, 4.69) is 21.3 Å². The summed E-state index contributed by atoms with van der Waals surface area (Å²) in [6.45, 7) is 23.3. The molecule has 0 aromatic heterocycles. The van der Waals surface area contributed by atoms with Crippen LogP contribution in [0, 0.1) is 29.6 Å². The number of rotatable bonds is 14. The zero-order valence-corrected chi connectivity index (χ0v) is 55.7. The Morgan fingerprint density at radius 1 is 0.517 bits per heavy atom. The molecule has 12 atom stereocenters. The zero-order chi connectivity index (χ0) is 66.8. The normalized spacial score (nSPS) is 26.4. The molecule has 6 N–H and O–H groups in total. The minimum Gasteiger partial charge on any atom is -0.508 e. The van der Waals surface area contributed by atoms with E-state index in [4.69, 9.17) is 0 Å². The molecule has 0 bridgehead atoms. The van der Waals surface area contributed by atoms with Gasteiger partial charge in [-0.05, 0) is 107 Å². The summed E-state index contributed by atoms with van der Waals surface area (Å²) in [5.74, 6) is -9.69. The van der Waals surface area contributed by atoms with Crippen LogP contribution in [0.15, 0.2) is 36.4 Å². The number of aliphatic hydroxyl groups excluding tert-OH is 1. The standard InChI is InChI=1S/C63H105N11O13/c1-22-24-25-39(11)53(77)52-57(81)66-45(23-2)59(83)68(15)34-50(76)70(17)47(33-43-26-28-44(75)29-27-43)56(80)67-46(30-35(3)4)60(84)69(16)42(14)55(79)64-40(12)54(78)65-41(13)58(82)71(18)48(31-36(5)6)61(85)72(19)49(32-37(7)8)62(86)73(20)51(38(9)10)63(87)74(52)21/h22,24,26-29,35-42,45-49,51-53,75,77H,23,25,30-34H2,1-21H3,(H,64,79)(H,65,78)(H,66,81)(H,67,80)/b24-22+/t39-,40+,41-,42+,45+,46+,47?,48+,49-,51+,52+,53-/m1/s1. The van der Waals surface area contributed by atoms with Gasteiger partial charge in [0.05, 0.1) is 12.6 Å². The highest BCUT2D eigenvalue weighted by Crippen LogP contribution is 2.25. The second kappa shape index (κ2) is 34.4. The van der Waals surface area contributed by atoms with Gasteiger partial charge in [0.1, 0.15) is 66.2 Å². The van der Waals surface area contributed by atoms with Crippen molar-refractivity contribution >= 4 is 65.0 Å².